The van der Waals surface area contributed by atoms with E-state index in [1.807, 2.05) is 65.6 Å². The van der Waals surface area contributed by atoms with Gasteiger partial charge in [-0.15, -0.1) is 0 Å². The molecule has 0 spiro atoms. The maximum absolute atomic E-state index is 13.0. The number of fused-ring (bicyclic) bond motifs is 1. The highest BCUT2D eigenvalue weighted by Gasteiger charge is 2.33. The number of hydrogen-bond donors (Lipinski definition) is 1. The number of carbonyl (C=O) groups excluding carboxylic acids is 1. The van der Waals surface area contributed by atoms with Crippen LogP contribution in [0.5, 0.6) is 0 Å². The minimum absolute atomic E-state index is 0.112. The van der Waals surface area contributed by atoms with Crippen LogP contribution >= 0.6 is 0 Å². The van der Waals surface area contributed by atoms with Gasteiger partial charge in [0, 0.05) is 12.2 Å². The van der Waals surface area contributed by atoms with Crippen LogP contribution in [-0.4, -0.2) is 22.5 Å². The maximum Gasteiger partial charge on any atom is 0.322 e. The number of oxazole rings is 1. The lowest BCUT2D eigenvalue weighted by atomic mass is 10.1. The average Bonchev–Trinajstić information content (AvgIpc) is 3.46. The third kappa shape index (κ3) is 3.91. The lowest BCUT2D eigenvalue weighted by molar-refractivity contribution is 0.199. The molecule has 4 aromatic rings. The molecular formula is C26H25N3O2. The Bertz CT molecular complexity index is 1200. The predicted octanol–water partition coefficient (Wildman–Crippen LogP) is 6.43. The van der Waals surface area contributed by atoms with Crippen molar-refractivity contribution in [2.75, 3.05) is 11.9 Å². The first-order chi connectivity index (χ1) is 15.2. The van der Waals surface area contributed by atoms with Gasteiger partial charge < -0.3 is 14.6 Å². The highest BCUT2D eigenvalue weighted by atomic mass is 16.4. The predicted molar refractivity (Wildman–Crippen MR) is 123 cm³/mol. The van der Waals surface area contributed by atoms with Crippen LogP contribution in [0.3, 0.4) is 0 Å². The smallest absolute Gasteiger partial charge is 0.322 e. The molecule has 1 atom stereocenters. The number of benzene rings is 3. The van der Waals surface area contributed by atoms with Gasteiger partial charge in [-0.25, -0.2) is 9.78 Å². The van der Waals surface area contributed by atoms with Crippen molar-refractivity contribution in [1.29, 1.82) is 0 Å². The second kappa shape index (κ2) is 8.26. The average molecular weight is 412 g/mol. The van der Waals surface area contributed by atoms with E-state index in [2.05, 4.69) is 24.4 Å². The summed E-state index contributed by atoms with van der Waals surface area (Å²) in [7, 11) is 0. The van der Waals surface area contributed by atoms with Crippen molar-refractivity contribution in [2.24, 2.45) is 0 Å². The molecule has 0 unspecified atom stereocenters. The molecule has 1 saturated heterocycles. The Kier molecular flexibility index (Phi) is 5.16. The Morgan fingerprint density at radius 1 is 1.06 bits per heavy atom. The van der Waals surface area contributed by atoms with Crippen LogP contribution in [0, 0.1) is 0 Å². The summed E-state index contributed by atoms with van der Waals surface area (Å²) in [6.45, 7) is 2.81. The first-order valence-corrected chi connectivity index (χ1v) is 10.8. The van der Waals surface area contributed by atoms with E-state index in [-0.39, 0.29) is 12.1 Å². The van der Waals surface area contributed by atoms with E-state index in [1.165, 1.54) is 5.56 Å². The van der Waals surface area contributed by atoms with Crippen molar-refractivity contribution in [3.63, 3.8) is 0 Å². The van der Waals surface area contributed by atoms with Gasteiger partial charge in [0.2, 0.25) is 5.89 Å². The molecule has 3 aromatic carbocycles. The first kappa shape index (κ1) is 19.4. The Morgan fingerprint density at radius 2 is 1.87 bits per heavy atom. The molecule has 1 N–H and O–H groups in total. The topological polar surface area (TPSA) is 58.4 Å². The number of rotatable bonds is 4. The van der Waals surface area contributed by atoms with Gasteiger partial charge in [0.1, 0.15) is 11.6 Å². The van der Waals surface area contributed by atoms with Crippen molar-refractivity contribution in [1.82, 2.24) is 9.88 Å². The van der Waals surface area contributed by atoms with Crippen LogP contribution in [0.25, 0.3) is 22.2 Å². The fraction of sp³-hybridized carbons (Fsp3) is 0.231. The number of likely N-dealkylation sites (tertiary alicyclic amines) is 1. The Morgan fingerprint density at radius 3 is 2.65 bits per heavy atom. The molecule has 5 rings (SSSR count). The normalized spacial score (nSPS) is 16.0. The third-order valence-corrected chi connectivity index (χ3v) is 5.92. The van der Waals surface area contributed by atoms with Crippen LogP contribution in [0.4, 0.5) is 10.5 Å². The summed E-state index contributed by atoms with van der Waals surface area (Å²) in [6.07, 6.45) is 2.76. The molecule has 1 aromatic heterocycles. The van der Waals surface area contributed by atoms with E-state index in [9.17, 15) is 4.79 Å². The van der Waals surface area contributed by atoms with Gasteiger partial charge in [-0.05, 0) is 60.2 Å². The van der Waals surface area contributed by atoms with E-state index < -0.39 is 0 Å². The quantitative estimate of drug-likeness (QED) is 0.421. The van der Waals surface area contributed by atoms with Crippen LogP contribution in [0.1, 0.15) is 37.3 Å². The zero-order valence-corrected chi connectivity index (χ0v) is 17.5. The van der Waals surface area contributed by atoms with E-state index in [1.54, 1.807) is 0 Å². The lowest BCUT2D eigenvalue weighted by Crippen LogP contribution is -2.34. The Balaban J connectivity index is 1.37. The molecule has 1 aliphatic heterocycles. The molecule has 0 aliphatic carbocycles. The van der Waals surface area contributed by atoms with Gasteiger partial charge in [-0.2, -0.15) is 0 Å². The summed E-state index contributed by atoms with van der Waals surface area (Å²) in [5.74, 6) is 0.606. The van der Waals surface area contributed by atoms with Crippen LogP contribution < -0.4 is 5.32 Å². The highest BCUT2D eigenvalue weighted by molar-refractivity contribution is 5.90. The SMILES string of the molecule is CCc1ccc(NC(=O)N2CCC[C@@H]2c2nc3cc(-c4ccccc4)ccc3o2)cc1. The van der Waals surface area contributed by atoms with Crippen molar-refractivity contribution >= 4 is 22.8 Å². The molecule has 31 heavy (non-hydrogen) atoms. The molecule has 1 fully saturated rings. The second-order valence-corrected chi connectivity index (χ2v) is 7.93. The fourth-order valence-electron chi connectivity index (χ4n) is 4.18. The number of aryl methyl sites for hydroxylation is 1. The monoisotopic (exact) mass is 411 g/mol. The first-order valence-electron chi connectivity index (χ1n) is 10.8. The van der Waals surface area contributed by atoms with Crippen molar-refractivity contribution in [2.45, 2.75) is 32.2 Å². The fourth-order valence-corrected chi connectivity index (χ4v) is 4.18. The van der Waals surface area contributed by atoms with Crippen LogP contribution in [-0.2, 0) is 6.42 Å². The summed E-state index contributed by atoms with van der Waals surface area (Å²) < 4.78 is 6.07. The molecule has 5 nitrogen and oxygen atoms in total. The van der Waals surface area contributed by atoms with Crippen LogP contribution in [0.2, 0.25) is 0 Å². The molecule has 0 radical (unpaired) electrons. The van der Waals surface area contributed by atoms with Gasteiger partial charge in [-0.1, -0.05) is 55.5 Å². The van der Waals surface area contributed by atoms with Crippen LogP contribution in [0.15, 0.2) is 77.2 Å². The number of urea groups is 1. The molecule has 1 aliphatic rings. The number of hydrogen-bond acceptors (Lipinski definition) is 3. The lowest BCUT2D eigenvalue weighted by Gasteiger charge is -2.22. The number of carbonyl (C=O) groups is 1. The molecule has 2 amide bonds. The second-order valence-electron chi connectivity index (χ2n) is 7.93. The molecular weight excluding hydrogens is 386 g/mol. The highest BCUT2D eigenvalue weighted by Crippen LogP contribution is 2.34. The summed E-state index contributed by atoms with van der Waals surface area (Å²) in [4.78, 5) is 19.5. The van der Waals surface area contributed by atoms with E-state index in [4.69, 9.17) is 9.40 Å². The summed E-state index contributed by atoms with van der Waals surface area (Å²) >= 11 is 0. The number of nitrogens with zero attached hydrogens (tertiary/aromatic N) is 2. The van der Waals surface area contributed by atoms with Gasteiger partial charge in [0.05, 0.1) is 0 Å². The van der Waals surface area contributed by atoms with E-state index in [0.717, 1.165) is 47.2 Å². The van der Waals surface area contributed by atoms with Gasteiger partial charge in [-0.3, -0.25) is 0 Å². The largest absolute Gasteiger partial charge is 0.438 e. The Hall–Kier alpha value is -3.60. The van der Waals surface area contributed by atoms with E-state index in [0.29, 0.717) is 12.4 Å². The number of amides is 2. The minimum atomic E-state index is -0.150. The van der Waals surface area contributed by atoms with Gasteiger partial charge >= 0.3 is 6.03 Å². The molecule has 0 saturated carbocycles. The van der Waals surface area contributed by atoms with Gasteiger partial charge in [0.25, 0.3) is 0 Å². The standard InChI is InChI=1S/C26H25N3O2/c1-2-18-10-13-21(14-11-18)27-26(30)29-16-6-9-23(29)25-28-22-17-20(12-15-24(22)31-25)19-7-4-3-5-8-19/h3-5,7-8,10-15,17,23H,2,6,9,16H2,1H3,(H,27,30)/t23-/m1/s1. The third-order valence-electron chi connectivity index (χ3n) is 5.92. The molecule has 156 valence electrons. The zero-order chi connectivity index (χ0) is 21.2. The summed E-state index contributed by atoms with van der Waals surface area (Å²) in [5, 5.41) is 3.02. The molecule has 0 bridgehead atoms. The molecule has 2 heterocycles. The maximum atomic E-state index is 13.0. The van der Waals surface area contributed by atoms with Crippen molar-refractivity contribution in [3.8, 4) is 11.1 Å². The summed E-state index contributed by atoms with van der Waals surface area (Å²) in [5.41, 5.74) is 5.86. The zero-order valence-electron chi connectivity index (χ0n) is 17.5. The minimum Gasteiger partial charge on any atom is -0.438 e. The number of anilines is 1. The number of nitrogens with one attached hydrogen (secondary N) is 1. The molecule has 5 heteroatoms. The van der Waals surface area contributed by atoms with E-state index >= 15 is 0 Å². The van der Waals surface area contributed by atoms with Crippen molar-refractivity contribution < 1.29 is 9.21 Å². The van der Waals surface area contributed by atoms with Gasteiger partial charge in [0.15, 0.2) is 5.58 Å². The summed E-state index contributed by atoms with van der Waals surface area (Å²) in [6, 6.07) is 24.0. The van der Waals surface area contributed by atoms with Crippen molar-refractivity contribution in [3.05, 3.63) is 84.3 Å². The number of aromatic nitrogens is 1. The Labute approximate surface area is 181 Å².